The van der Waals surface area contributed by atoms with Gasteiger partial charge < -0.3 is 5.32 Å². The zero-order valence-electron chi connectivity index (χ0n) is 8.27. The van der Waals surface area contributed by atoms with Crippen molar-refractivity contribution in [1.29, 1.82) is 0 Å². The van der Waals surface area contributed by atoms with Crippen LogP contribution < -0.4 is 5.32 Å². The van der Waals surface area contributed by atoms with Crippen LogP contribution >= 0.6 is 0 Å². The van der Waals surface area contributed by atoms with Crippen LogP contribution in [0.1, 0.15) is 12.8 Å². The predicted molar refractivity (Wildman–Crippen MR) is 54.4 cm³/mol. The fourth-order valence-corrected chi connectivity index (χ4v) is 1.34. The van der Waals surface area contributed by atoms with Crippen molar-refractivity contribution < 1.29 is 14.1 Å². The lowest BCUT2D eigenvalue weighted by atomic mass is 10.2. The Morgan fingerprint density at radius 2 is 2.19 bits per heavy atom. The first kappa shape index (κ1) is 10.5. The Morgan fingerprint density at radius 3 is 2.75 bits per heavy atom. The van der Waals surface area contributed by atoms with Gasteiger partial charge in [0.1, 0.15) is 11.5 Å². The maximum atomic E-state index is 12.8. The minimum atomic E-state index is -0.717. The number of nitrogens with zero attached hydrogens (tertiary/aromatic N) is 1. The van der Waals surface area contributed by atoms with Crippen molar-refractivity contribution in [2.45, 2.75) is 12.8 Å². The van der Waals surface area contributed by atoms with E-state index >= 15 is 0 Å². The Bertz CT molecular complexity index is 457. The molecule has 5 nitrogen and oxygen atoms in total. The van der Waals surface area contributed by atoms with Gasteiger partial charge in [-0.25, -0.2) is 4.39 Å². The van der Waals surface area contributed by atoms with E-state index in [-0.39, 0.29) is 17.5 Å². The van der Waals surface area contributed by atoms with Gasteiger partial charge in [0.2, 0.25) is 5.91 Å². The summed E-state index contributed by atoms with van der Waals surface area (Å²) >= 11 is 0. The molecule has 1 aliphatic carbocycles. The molecule has 0 atom stereocenters. The van der Waals surface area contributed by atoms with E-state index in [0.717, 1.165) is 25.0 Å². The average molecular weight is 224 g/mol. The number of benzene rings is 1. The molecule has 0 aromatic heterocycles. The van der Waals surface area contributed by atoms with Crippen LogP contribution in [0.15, 0.2) is 18.2 Å². The molecule has 0 saturated heterocycles. The van der Waals surface area contributed by atoms with Gasteiger partial charge in [0.15, 0.2) is 0 Å². The number of nitrogens with one attached hydrogen (secondary N) is 1. The van der Waals surface area contributed by atoms with Crippen LogP contribution in [0.4, 0.5) is 15.8 Å². The summed E-state index contributed by atoms with van der Waals surface area (Å²) in [6.45, 7) is 0. The normalized spacial score (nSPS) is 14.6. The van der Waals surface area contributed by atoms with E-state index in [9.17, 15) is 19.3 Å². The maximum absolute atomic E-state index is 12.8. The standard InChI is InChI=1S/C10H9FN2O3/c11-7-3-4-8(9(5-7)13(15)16)12-10(14)6-1-2-6/h3-6H,1-2H2,(H,12,14). The number of hydrogen-bond donors (Lipinski definition) is 1. The van der Waals surface area contributed by atoms with Gasteiger partial charge in [0.25, 0.3) is 5.69 Å². The summed E-state index contributed by atoms with van der Waals surface area (Å²) in [5, 5.41) is 13.1. The molecule has 2 rings (SSSR count). The second kappa shape index (κ2) is 3.88. The lowest BCUT2D eigenvalue weighted by Crippen LogP contribution is -2.14. The first-order valence-corrected chi connectivity index (χ1v) is 4.83. The van der Waals surface area contributed by atoms with E-state index in [4.69, 9.17) is 0 Å². The Morgan fingerprint density at radius 1 is 1.50 bits per heavy atom. The fraction of sp³-hybridized carbons (Fsp3) is 0.300. The molecule has 0 aliphatic heterocycles. The molecule has 0 unspecified atom stereocenters. The Hall–Kier alpha value is -1.98. The molecule has 16 heavy (non-hydrogen) atoms. The molecular weight excluding hydrogens is 215 g/mol. The molecule has 1 fully saturated rings. The zero-order chi connectivity index (χ0) is 11.7. The third-order valence-corrected chi connectivity index (χ3v) is 2.36. The molecule has 84 valence electrons. The number of carbonyl (C=O) groups excluding carboxylic acids is 1. The van der Waals surface area contributed by atoms with Crippen LogP contribution in [-0.4, -0.2) is 10.8 Å². The summed E-state index contributed by atoms with van der Waals surface area (Å²) in [4.78, 5) is 21.3. The molecule has 6 heteroatoms. The van der Waals surface area contributed by atoms with Gasteiger partial charge in [-0.3, -0.25) is 14.9 Å². The van der Waals surface area contributed by atoms with Gasteiger partial charge in [-0.2, -0.15) is 0 Å². The highest BCUT2D eigenvalue weighted by Crippen LogP contribution is 2.32. The van der Waals surface area contributed by atoms with Gasteiger partial charge in [-0.15, -0.1) is 0 Å². The molecule has 1 saturated carbocycles. The molecule has 1 aliphatic rings. The second-order valence-corrected chi connectivity index (χ2v) is 3.68. The Labute approximate surface area is 90.4 Å². The molecule has 0 radical (unpaired) electrons. The summed E-state index contributed by atoms with van der Waals surface area (Å²) in [5.74, 6) is -0.990. The first-order valence-electron chi connectivity index (χ1n) is 4.83. The fourth-order valence-electron chi connectivity index (χ4n) is 1.34. The van der Waals surface area contributed by atoms with Crippen molar-refractivity contribution in [2.24, 2.45) is 5.92 Å². The van der Waals surface area contributed by atoms with Crippen molar-refractivity contribution in [1.82, 2.24) is 0 Å². The van der Waals surface area contributed by atoms with Crippen molar-refractivity contribution >= 4 is 17.3 Å². The number of nitro benzene ring substituents is 1. The average Bonchev–Trinajstić information content (AvgIpc) is 3.03. The number of halogens is 1. The van der Waals surface area contributed by atoms with E-state index in [1.54, 1.807) is 0 Å². The van der Waals surface area contributed by atoms with Crippen LogP contribution in [0.3, 0.4) is 0 Å². The van der Waals surface area contributed by atoms with Crippen molar-refractivity contribution in [3.05, 3.63) is 34.1 Å². The molecule has 1 N–H and O–H groups in total. The van der Waals surface area contributed by atoms with E-state index in [1.165, 1.54) is 6.07 Å². The minimum absolute atomic E-state index is 0.0447. The first-order chi connectivity index (χ1) is 7.58. The molecule has 1 aromatic rings. The molecule has 0 spiro atoms. The quantitative estimate of drug-likeness (QED) is 0.631. The van der Waals surface area contributed by atoms with Crippen molar-refractivity contribution in [3.63, 3.8) is 0 Å². The number of amides is 1. The van der Waals surface area contributed by atoms with Crippen LogP contribution in [0, 0.1) is 21.8 Å². The number of anilines is 1. The Kier molecular flexibility index (Phi) is 2.55. The SMILES string of the molecule is O=C(Nc1ccc(F)cc1[N+](=O)[O-])C1CC1. The molecule has 0 heterocycles. The molecular formula is C10H9FN2O3. The molecule has 0 bridgehead atoms. The number of rotatable bonds is 3. The maximum Gasteiger partial charge on any atom is 0.295 e. The van der Waals surface area contributed by atoms with Crippen LogP contribution in [0.25, 0.3) is 0 Å². The summed E-state index contributed by atoms with van der Waals surface area (Å²) < 4.78 is 12.8. The van der Waals surface area contributed by atoms with Gasteiger partial charge in [-0.05, 0) is 25.0 Å². The van der Waals surface area contributed by atoms with Crippen LogP contribution in [0.2, 0.25) is 0 Å². The zero-order valence-corrected chi connectivity index (χ0v) is 8.27. The third kappa shape index (κ3) is 2.16. The minimum Gasteiger partial charge on any atom is -0.320 e. The van der Waals surface area contributed by atoms with Gasteiger partial charge in [0, 0.05) is 5.92 Å². The Balaban J connectivity index is 2.24. The second-order valence-electron chi connectivity index (χ2n) is 3.68. The highest BCUT2D eigenvalue weighted by atomic mass is 19.1. The lowest BCUT2D eigenvalue weighted by molar-refractivity contribution is -0.384. The number of hydrogen-bond acceptors (Lipinski definition) is 3. The summed E-state index contributed by atoms with van der Waals surface area (Å²) in [6.07, 6.45) is 1.61. The summed E-state index contributed by atoms with van der Waals surface area (Å²) in [5.41, 5.74) is -0.377. The highest BCUT2D eigenvalue weighted by molar-refractivity contribution is 5.95. The summed E-state index contributed by atoms with van der Waals surface area (Å²) in [6, 6.07) is 3.08. The van der Waals surface area contributed by atoms with E-state index < -0.39 is 16.4 Å². The largest absolute Gasteiger partial charge is 0.320 e. The number of nitro groups is 1. The van der Waals surface area contributed by atoms with Gasteiger partial charge >= 0.3 is 0 Å². The van der Waals surface area contributed by atoms with E-state index in [1.807, 2.05) is 0 Å². The van der Waals surface area contributed by atoms with Gasteiger partial charge in [0.05, 0.1) is 11.0 Å². The van der Waals surface area contributed by atoms with E-state index in [2.05, 4.69) is 5.32 Å². The lowest BCUT2D eigenvalue weighted by Gasteiger charge is -2.04. The molecule has 1 aromatic carbocycles. The van der Waals surface area contributed by atoms with Crippen molar-refractivity contribution in [2.75, 3.05) is 5.32 Å². The molecule has 1 amide bonds. The van der Waals surface area contributed by atoms with Crippen LogP contribution in [0.5, 0.6) is 0 Å². The monoisotopic (exact) mass is 224 g/mol. The number of carbonyl (C=O) groups is 1. The van der Waals surface area contributed by atoms with Crippen LogP contribution in [-0.2, 0) is 4.79 Å². The van der Waals surface area contributed by atoms with Crippen molar-refractivity contribution in [3.8, 4) is 0 Å². The highest BCUT2D eigenvalue weighted by Gasteiger charge is 2.30. The van der Waals surface area contributed by atoms with Gasteiger partial charge in [-0.1, -0.05) is 0 Å². The third-order valence-electron chi connectivity index (χ3n) is 2.36. The summed E-state index contributed by atoms with van der Waals surface area (Å²) in [7, 11) is 0. The topological polar surface area (TPSA) is 72.2 Å². The predicted octanol–water partition coefficient (Wildman–Crippen LogP) is 2.08. The smallest absolute Gasteiger partial charge is 0.295 e. The van der Waals surface area contributed by atoms with E-state index in [0.29, 0.717) is 0 Å².